The number of hydrogen-bond acceptors (Lipinski definition) is 4. The summed E-state index contributed by atoms with van der Waals surface area (Å²) < 4.78 is 0. The summed E-state index contributed by atoms with van der Waals surface area (Å²) in [7, 11) is 0. The van der Waals surface area contributed by atoms with Crippen molar-refractivity contribution in [3.8, 4) is 0 Å². The molecule has 0 unspecified atom stereocenters. The van der Waals surface area contributed by atoms with Crippen LogP contribution in [0.5, 0.6) is 0 Å². The summed E-state index contributed by atoms with van der Waals surface area (Å²) in [4.78, 5) is 10.7. The van der Waals surface area contributed by atoms with E-state index in [9.17, 15) is 15.2 Å². The maximum Gasteiger partial charge on any atom is 0.273 e. The molecule has 1 fully saturated rings. The van der Waals surface area contributed by atoms with Crippen LogP contribution < -0.4 is 5.73 Å². The normalized spacial score (nSPS) is 27.6. The van der Waals surface area contributed by atoms with Crippen molar-refractivity contribution in [2.24, 2.45) is 5.73 Å². The van der Waals surface area contributed by atoms with E-state index in [1.807, 2.05) is 13.0 Å². The van der Waals surface area contributed by atoms with Gasteiger partial charge in [-0.1, -0.05) is 12.1 Å². The minimum absolute atomic E-state index is 0.113. The molecule has 0 spiro atoms. The SMILES string of the molecule is Cc1cccc([N+](=O)[O-])c1C1(CN)CC(O)C1. The summed E-state index contributed by atoms with van der Waals surface area (Å²) in [5.41, 5.74) is 7.02. The molecule has 92 valence electrons. The Morgan fingerprint density at radius 3 is 2.71 bits per heavy atom. The van der Waals surface area contributed by atoms with Gasteiger partial charge in [0.05, 0.1) is 11.0 Å². The number of aliphatic hydroxyl groups excluding tert-OH is 1. The number of nitro groups is 1. The van der Waals surface area contributed by atoms with Crippen molar-refractivity contribution in [2.75, 3.05) is 6.54 Å². The standard InChI is InChI=1S/C12H16N2O3/c1-8-3-2-4-10(14(16)17)11(8)12(7-13)5-9(15)6-12/h2-4,9,15H,5-7,13H2,1H3. The first-order valence-electron chi connectivity index (χ1n) is 5.63. The van der Waals surface area contributed by atoms with Gasteiger partial charge in [0.15, 0.2) is 0 Å². The van der Waals surface area contributed by atoms with Crippen molar-refractivity contribution >= 4 is 5.69 Å². The molecule has 1 aromatic carbocycles. The van der Waals surface area contributed by atoms with Crippen LogP contribution in [-0.4, -0.2) is 22.7 Å². The van der Waals surface area contributed by atoms with Gasteiger partial charge >= 0.3 is 0 Å². The summed E-state index contributed by atoms with van der Waals surface area (Å²) >= 11 is 0. The predicted octanol–water partition coefficient (Wildman–Crippen LogP) is 1.25. The van der Waals surface area contributed by atoms with Crippen LogP contribution in [0.1, 0.15) is 24.0 Å². The molecule has 3 N–H and O–H groups in total. The molecule has 1 aromatic rings. The largest absolute Gasteiger partial charge is 0.393 e. The average Bonchev–Trinajstić information content (AvgIpc) is 2.24. The Kier molecular flexibility index (Phi) is 2.89. The summed E-state index contributed by atoms with van der Waals surface area (Å²) in [6.07, 6.45) is 0.627. The Hall–Kier alpha value is -1.46. The van der Waals surface area contributed by atoms with E-state index in [0.29, 0.717) is 24.9 Å². The highest BCUT2D eigenvalue weighted by Gasteiger charge is 2.47. The van der Waals surface area contributed by atoms with Crippen molar-refractivity contribution in [2.45, 2.75) is 31.3 Å². The number of rotatable bonds is 3. The third kappa shape index (κ3) is 1.81. The van der Waals surface area contributed by atoms with Gasteiger partial charge in [-0.05, 0) is 25.3 Å². The van der Waals surface area contributed by atoms with E-state index in [1.165, 1.54) is 6.07 Å². The first kappa shape index (κ1) is 12.0. The first-order valence-corrected chi connectivity index (χ1v) is 5.63. The van der Waals surface area contributed by atoms with Gasteiger partial charge < -0.3 is 10.8 Å². The summed E-state index contributed by atoms with van der Waals surface area (Å²) in [5, 5.41) is 20.5. The Bertz CT molecular complexity index is 453. The van der Waals surface area contributed by atoms with Crippen LogP contribution >= 0.6 is 0 Å². The van der Waals surface area contributed by atoms with Crippen molar-refractivity contribution in [1.82, 2.24) is 0 Å². The van der Waals surface area contributed by atoms with Gasteiger partial charge in [0, 0.05) is 23.6 Å². The number of aryl methyl sites for hydroxylation is 1. The fourth-order valence-electron chi connectivity index (χ4n) is 2.81. The second kappa shape index (κ2) is 4.09. The van der Waals surface area contributed by atoms with Crippen molar-refractivity contribution in [1.29, 1.82) is 0 Å². The van der Waals surface area contributed by atoms with Crippen molar-refractivity contribution in [3.63, 3.8) is 0 Å². The molecule has 1 aliphatic rings. The zero-order chi connectivity index (χ0) is 12.6. The summed E-state index contributed by atoms with van der Waals surface area (Å²) in [6, 6.07) is 5.03. The molecule has 0 amide bonds. The Balaban J connectivity index is 2.54. The lowest BCUT2D eigenvalue weighted by Gasteiger charge is -2.45. The van der Waals surface area contributed by atoms with Gasteiger partial charge in [0.1, 0.15) is 0 Å². The van der Waals surface area contributed by atoms with Gasteiger partial charge in [-0.25, -0.2) is 0 Å². The monoisotopic (exact) mass is 236 g/mol. The third-order valence-corrected chi connectivity index (χ3v) is 3.62. The van der Waals surface area contributed by atoms with E-state index in [-0.39, 0.29) is 10.6 Å². The van der Waals surface area contributed by atoms with Gasteiger partial charge in [-0.15, -0.1) is 0 Å². The first-order chi connectivity index (χ1) is 8.00. The van der Waals surface area contributed by atoms with Crippen LogP contribution in [0.2, 0.25) is 0 Å². The highest BCUT2D eigenvalue weighted by Crippen LogP contribution is 2.47. The number of nitrogens with two attached hydrogens (primary N) is 1. The Labute approximate surface area is 99.4 Å². The number of nitrogens with zero attached hydrogens (tertiary/aromatic N) is 1. The molecule has 5 nitrogen and oxygen atoms in total. The molecule has 1 saturated carbocycles. The molecule has 0 bridgehead atoms. The molecule has 0 radical (unpaired) electrons. The van der Waals surface area contributed by atoms with E-state index in [1.54, 1.807) is 6.07 Å². The molecule has 0 heterocycles. The predicted molar refractivity (Wildman–Crippen MR) is 63.8 cm³/mol. The van der Waals surface area contributed by atoms with Crippen molar-refractivity contribution < 1.29 is 10.0 Å². The number of benzene rings is 1. The van der Waals surface area contributed by atoms with Crippen LogP contribution in [0.15, 0.2) is 18.2 Å². The minimum atomic E-state index is -0.423. The quantitative estimate of drug-likeness (QED) is 0.610. The zero-order valence-electron chi connectivity index (χ0n) is 9.72. The Morgan fingerprint density at radius 1 is 1.59 bits per heavy atom. The smallest absolute Gasteiger partial charge is 0.273 e. The lowest BCUT2D eigenvalue weighted by molar-refractivity contribution is -0.386. The lowest BCUT2D eigenvalue weighted by Crippen LogP contribution is -2.50. The summed E-state index contributed by atoms with van der Waals surface area (Å²) in [6.45, 7) is 2.18. The molecule has 0 aliphatic heterocycles. The minimum Gasteiger partial charge on any atom is -0.393 e. The van der Waals surface area contributed by atoms with E-state index in [0.717, 1.165) is 5.56 Å². The second-order valence-corrected chi connectivity index (χ2v) is 4.77. The third-order valence-electron chi connectivity index (χ3n) is 3.62. The lowest BCUT2D eigenvalue weighted by atomic mass is 9.61. The van der Waals surface area contributed by atoms with Gasteiger partial charge in [-0.2, -0.15) is 0 Å². The number of aliphatic hydroxyl groups is 1. The van der Waals surface area contributed by atoms with Crippen LogP contribution in [0.4, 0.5) is 5.69 Å². The van der Waals surface area contributed by atoms with Crippen LogP contribution in [0.3, 0.4) is 0 Å². The Morgan fingerprint density at radius 2 is 2.24 bits per heavy atom. The fourth-order valence-corrected chi connectivity index (χ4v) is 2.81. The molecule has 17 heavy (non-hydrogen) atoms. The van der Waals surface area contributed by atoms with Gasteiger partial charge in [0.25, 0.3) is 5.69 Å². The van der Waals surface area contributed by atoms with E-state index in [2.05, 4.69) is 0 Å². The highest BCUT2D eigenvalue weighted by atomic mass is 16.6. The van der Waals surface area contributed by atoms with Crippen LogP contribution in [0.25, 0.3) is 0 Å². The van der Waals surface area contributed by atoms with Crippen molar-refractivity contribution in [3.05, 3.63) is 39.4 Å². The molecule has 2 rings (SSSR count). The van der Waals surface area contributed by atoms with E-state index >= 15 is 0 Å². The molecular weight excluding hydrogens is 220 g/mol. The molecule has 0 aromatic heterocycles. The fraction of sp³-hybridized carbons (Fsp3) is 0.500. The molecule has 5 heteroatoms. The van der Waals surface area contributed by atoms with E-state index in [4.69, 9.17) is 5.73 Å². The van der Waals surface area contributed by atoms with Crippen LogP contribution in [0, 0.1) is 17.0 Å². The van der Waals surface area contributed by atoms with E-state index < -0.39 is 11.5 Å². The number of hydrogen-bond donors (Lipinski definition) is 2. The molecule has 0 atom stereocenters. The summed E-state index contributed by atoms with van der Waals surface area (Å²) in [5.74, 6) is 0. The number of nitro benzene ring substituents is 1. The topological polar surface area (TPSA) is 89.4 Å². The van der Waals surface area contributed by atoms with Crippen LogP contribution in [-0.2, 0) is 5.41 Å². The maximum absolute atomic E-state index is 11.1. The van der Waals surface area contributed by atoms with Gasteiger partial charge in [0.2, 0.25) is 0 Å². The molecule has 1 aliphatic carbocycles. The highest BCUT2D eigenvalue weighted by molar-refractivity contribution is 5.51. The second-order valence-electron chi connectivity index (χ2n) is 4.77. The zero-order valence-corrected chi connectivity index (χ0v) is 9.72. The average molecular weight is 236 g/mol. The molecular formula is C12H16N2O3. The van der Waals surface area contributed by atoms with Gasteiger partial charge in [-0.3, -0.25) is 10.1 Å². The molecule has 0 saturated heterocycles. The maximum atomic E-state index is 11.1.